The maximum atomic E-state index is 14.3. The molecule has 0 aliphatic rings. The topological polar surface area (TPSA) is 93.2 Å². The van der Waals surface area contributed by atoms with E-state index in [-0.39, 0.29) is 39.6 Å². The monoisotopic (exact) mass is 527 g/mol. The van der Waals surface area contributed by atoms with E-state index >= 15 is 0 Å². The zero-order valence-electron chi connectivity index (χ0n) is 18.7. The number of aromatic nitrogens is 2. The SMILES string of the molecule is CCS(=O)(=O)Nc1ccc(Oc2ccc(F)cc2F)c(-c2cn(C)c(=O)c3c(C(F)(F)F)c[nH]c23)c1. The van der Waals surface area contributed by atoms with Crippen molar-refractivity contribution in [2.24, 2.45) is 7.05 Å². The minimum absolute atomic E-state index is 0.0335. The fourth-order valence-electron chi connectivity index (χ4n) is 3.60. The van der Waals surface area contributed by atoms with E-state index in [2.05, 4.69) is 9.71 Å². The minimum atomic E-state index is -4.84. The zero-order chi connectivity index (χ0) is 26.4. The quantitative estimate of drug-likeness (QED) is 0.329. The van der Waals surface area contributed by atoms with Gasteiger partial charge in [0, 0.05) is 42.3 Å². The van der Waals surface area contributed by atoms with Crippen molar-refractivity contribution in [3.8, 4) is 22.6 Å². The number of ether oxygens (including phenoxy) is 1. The lowest BCUT2D eigenvalue weighted by Gasteiger charge is -2.16. The van der Waals surface area contributed by atoms with Crippen LogP contribution in [0.1, 0.15) is 12.5 Å². The van der Waals surface area contributed by atoms with E-state index < -0.39 is 44.3 Å². The van der Waals surface area contributed by atoms with Gasteiger partial charge in [-0.05, 0) is 37.3 Å². The van der Waals surface area contributed by atoms with Gasteiger partial charge >= 0.3 is 6.18 Å². The van der Waals surface area contributed by atoms with Crippen LogP contribution in [0.3, 0.4) is 0 Å². The minimum Gasteiger partial charge on any atom is -0.454 e. The molecule has 0 aliphatic carbocycles. The van der Waals surface area contributed by atoms with E-state index in [4.69, 9.17) is 4.74 Å². The largest absolute Gasteiger partial charge is 0.454 e. The van der Waals surface area contributed by atoms with Crippen LogP contribution in [0.2, 0.25) is 0 Å². The molecule has 0 saturated carbocycles. The van der Waals surface area contributed by atoms with Gasteiger partial charge in [-0.3, -0.25) is 9.52 Å². The van der Waals surface area contributed by atoms with Crippen LogP contribution in [0.25, 0.3) is 22.0 Å². The molecule has 4 aromatic rings. The van der Waals surface area contributed by atoms with Crippen LogP contribution in [-0.2, 0) is 23.2 Å². The molecule has 7 nitrogen and oxygen atoms in total. The van der Waals surface area contributed by atoms with Gasteiger partial charge in [-0.25, -0.2) is 17.2 Å². The first kappa shape index (κ1) is 25.2. The number of H-pyrrole nitrogens is 1. The summed E-state index contributed by atoms with van der Waals surface area (Å²) in [5.74, 6) is -2.63. The normalized spacial score (nSPS) is 12.2. The Labute approximate surface area is 201 Å². The van der Waals surface area contributed by atoms with Crippen molar-refractivity contribution in [3.05, 3.63) is 76.3 Å². The summed E-state index contributed by atoms with van der Waals surface area (Å²) in [6.07, 6.45) is -2.94. The van der Waals surface area contributed by atoms with Crippen molar-refractivity contribution < 1.29 is 35.1 Å². The Morgan fingerprint density at radius 1 is 1.06 bits per heavy atom. The van der Waals surface area contributed by atoms with Crippen LogP contribution in [0.15, 0.2) is 53.6 Å². The molecule has 190 valence electrons. The number of nitrogens with zero attached hydrogens (tertiary/aromatic N) is 1. The van der Waals surface area contributed by atoms with E-state index in [0.29, 0.717) is 12.3 Å². The summed E-state index contributed by atoms with van der Waals surface area (Å²) in [6, 6.07) is 6.42. The van der Waals surface area contributed by atoms with Crippen LogP contribution >= 0.6 is 0 Å². The number of benzene rings is 2. The second kappa shape index (κ2) is 8.97. The van der Waals surface area contributed by atoms with Crippen LogP contribution in [0.4, 0.5) is 27.6 Å². The molecule has 2 aromatic heterocycles. The number of rotatable bonds is 6. The Bertz CT molecular complexity index is 1640. The Kier molecular flexibility index (Phi) is 6.29. The molecule has 0 spiro atoms. The van der Waals surface area contributed by atoms with E-state index in [9.17, 15) is 35.2 Å². The fraction of sp³-hybridized carbons (Fsp3) is 0.174. The maximum absolute atomic E-state index is 14.3. The molecule has 4 rings (SSSR count). The van der Waals surface area contributed by atoms with Crippen molar-refractivity contribution >= 4 is 26.6 Å². The first-order valence-electron chi connectivity index (χ1n) is 10.4. The highest BCUT2D eigenvalue weighted by Gasteiger charge is 2.36. The highest BCUT2D eigenvalue weighted by Crippen LogP contribution is 2.41. The highest BCUT2D eigenvalue weighted by atomic mass is 32.2. The van der Waals surface area contributed by atoms with E-state index in [1.807, 2.05) is 0 Å². The Morgan fingerprint density at radius 2 is 1.75 bits per heavy atom. The molecule has 2 N–H and O–H groups in total. The van der Waals surface area contributed by atoms with Crippen molar-refractivity contribution in [2.75, 3.05) is 10.5 Å². The molecule has 0 bridgehead atoms. The van der Waals surface area contributed by atoms with Crippen LogP contribution < -0.4 is 15.0 Å². The molecule has 0 radical (unpaired) electrons. The lowest BCUT2D eigenvalue weighted by Crippen LogP contribution is -2.19. The molecule has 0 amide bonds. The number of hydrogen-bond donors (Lipinski definition) is 2. The number of fused-ring (bicyclic) bond motifs is 1. The van der Waals surface area contributed by atoms with Crippen LogP contribution in [-0.4, -0.2) is 23.7 Å². The van der Waals surface area contributed by atoms with Crippen molar-refractivity contribution in [3.63, 3.8) is 0 Å². The molecule has 0 saturated heterocycles. The molecule has 13 heteroatoms. The second-order valence-corrected chi connectivity index (χ2v) is 9.81. The van der Waals surface area contributed by atoms with Crippen LogP contribution in [0, 0.1) is 11.6 Å². The van der Waals surface area contributed by atoms with Crippen LogP contribution in [0.5, 0.6) is 11.5 Å². The molecular weight excluding hydrogens is 509 g/mol. The van der Waals surface area contributed by atoms with Crippen molar-refractivity contribution in [2.45, 2.75) is 13.1 Å². The number of alkyl halides is 3. The van der Waals surface area contributed by atoms with Gasteiger partial charge in [0.25, 0.3) is 5.56 Å². The maximum Gasteiger partial charge on any atom is 0.418 e. The molecule has 36 heavy (non-hydrogen) atoms. The third-order valence-corrected chi connectivity index (χ3v) is 6.66. The van der Waals surface area contributed by atoms with E-state index in [1.54, 1.807) is 0 Å². The van der Waals surface area contributed by atoms with Gasteiger partial charge < -0.3 is 14.3 Å². The number of pyridine rings is 1. The summed E-state index contributed by atoms with van der Waals surface area (Å²) < 4.78 is 101. The molecule has 0 aliphatic heterocycles. The van der Waals surface area contributed by atoms with Gasteiger partial charge in [0.15, 0.2) is 11.6 Å². The van der Waals surface area contributed by atoms with Gasteiger partial charge in [0.1, 0.15) is 11.6 Å². The Balaban J connectivity index is 1.99. The van der Waals surface area contributed by atoms with Crippen molar-refractivity contribution in [1.82, 2.24) is 9.55 Å². The second-order valence-electron chi connectivity index (χ2n) is 7.80. The predicted molar refractivity (Wildman–Crippen MR) is 123 cm³/mol. The predicted octanol–water partition coefficient (Wildman–Crippen LogP) is 5.38. The Hall–Kier alpha value is -3.87. The summed E-state index contributed by atoms with van der Waals surface area (Å²) in [5.41, 5.74) is -2.18. The molecule has 0 atom stereocenters. The first-order chi connectivity index (χ1) is 16.8. The third-order valence-electron chi connectivity index (χ3n) is 5.35. The zero-order valence-corrected chi connectivity index (χ0v) is 19.5. The molecule has 2 aromatic carbocycles. The fourth-order valence-corrected chi connectivity index (χ4v) is 4.23. The standard InChI is InChI=1S/C23H18F5N3O4S/c1-3-36(33,34)30-13-5-7-18(35-19-6-4-12(24)8-17(19)25)14(9-13)15-11-31(2)22(32)20-16(23(26,27)28)10-29-21(15)20/h4-11,29-30H,3H2,1-2H3. The molecule has 0 fully saturated rings. The van der Waals surface area contributed by atoms with Gasteiger partial charge in [0.05, 0.1) is 22.2 Å². The molecule has 2 heterocycles. The van der Waals surface area contributed by atoms with Gasteiger partial charge in [-0.2, -0.15) is 13.2 Å². The average Bonchev–Trinajstić information content (AvgIpc) is 3.25. The summed E-state index contributed by atoms with van der Waals surface area (Å²) in [5, 5.41) is -0.638. The lowest BCUT2D eigenvalue weighted by molar-refractivity contribution is -0.136. The van der Waals surface area contributed by atoms with Gasteiger partial charge in [-0.1, -0.05) is 0 Å². The highest BCUT2D eigenvalue weighted by molar-refractivity contribution is 7.92. The van der Waals surface area contributed by atoms with E-state index in [0.717, 1.165) is 16.7 Å². The average molecular weight is 527 g/mol. The van der Waals surface area contributed by atoms with E-state index in [1.165, 1.54) is 38.4 Å². The lowest BCUT2D eigenvalue weighted by atomic mass is 10.0. The number of anilines is 1. The summed E-state index contributed by atoms with van der Waals surface area (Å²) in [4.78, 5) is 15.1. The number of sulfonamides is 1. The first-order valence-corrected chi connectivity index (χ1v) is 12.0. The molecular formula is C23H18F5N3O4S. The number of aromatic amines is 1. The summed E-state index contributed by atoms with van der Waals surface area (Å²) in [7, 11) is -2.48. The third kappa shape index (κ3) is 4.78. The summed E-state index contributed by atoms with van der Waals surface area (Å²) in [6.45, 7) is 1.41. The number of hydrogen-bond acceptors (Lipinski definition) is 4. The smallest absolute Gasteiger partial charge is 0.418 e. The van der Waals surface area contributed by atoms with Crippen molar-refractivity contribution in [1.29, 1.82) is 0 Å². The summed E-state index contributed by atoms with van der Waals surface area (Å²) >= 11 is 0. The number of nitrogens with one attached hydrogen (secondary N) is 2. The van der Waals surface area contributed by atoms with Gasteiger partial charge in [-0.15, -0.1) is 0 Å². The number of aryl methyl sites for hydroxylation is 1. The van der Waals surface area contributed by atoms with Gasteiger partial charge in [0.2, 0.25) is 10.0 Å². The molecule has 0 unspecified atom stereocenters. The Morgan fingerprint density at radius 3 is 2.39 bits per heavy atom. The number of halogens is 5.